The average Bonchev–Trinajstić information content (AvgIpc) is 2.74. The van der Waals surface area contributed by atoms with Crippen LogP contribution in [0.25, 0.3) is 6.08 Å². The van der Waals surface area contributed by atoms with Crippen LogP contribution < -0.4 is 16.0 Å². The van der Waals surface area contributed by atoms with Crippen LogP contribution in [0.5, 0.6) is 0 Å². The molecule has 30 heavy (non-hydrogen) atoms. The summed E-state index contributed by atoms with van der Waals surface area (Å²) in [6.07, 6.45) is 3.13. The van der Waals surface area contributed by atoms with Gasteiger partial charge in [0, 0.05) is 23.0 Å². The molecular weight excluding hydrogens is 394 g/mol. The number of carbonyl (C=O) groups excluding carboxylic acids is 2. The normalized spacial score (nSPS) is 10.4. The fourth-order valence-electron chi connectivity index (χ4n) is 2.63. The van der Waals surface area contributed by atoms with E-state index in [1.807, 2.05) is 61.5 Å². The van der Waals surface area contributed by atoms with Crippen LogP contribution in [0.2, 0.25) is 0 Å². The van der Waals surface area contributed by atoms with E-state index in [1.54, 1.807) is 30.3 Å². The van der Waals surface area contributed by atoms with Crippen LogP contribution in [0.15, 0.2) is 84.9 Å². The van der Waals surface area contributed by atoms with Gasteiger partial charge in [0.1, 0.15) is 0 Å². The molecule has 3 aromatic rings. The lowest BCUT2D eigenvalue weighted by atomic mass is 10.1. The molecule has 0 aliphatic carbocycles. The molecule has 0 spiro atoms. The minimum atomic E-state index is -0.342. The summed E-state index contributed by atoms with van der Waals surface area (Å²) in [6, 6.07) is 23.9. The van der Waals surface area contributed by atoms with Gasteiger partial charge in [-0.3, -0.25) is 14.9 Å². The Labute approximate surface area is 180 Å². The van der Waals surface area contributed by atoms with Crippen molar-refractivity contribution in [2.45, 2.75) is 6.92 Å². The third-order valence-corrected chi connectivity index (χ3v) is 4.36. The van der Waals surface area contributed by atoms with Crippen molar-refractivity contribution < 1.29 is 9.59 Å². The summed E-state index contributed by atoms with van der Waals surface area (Å²) in [6.45, 7) is 2.00. The first-order valence-electron chi connectivity index (χ1n) is 9.33. The Morgan fingerprint density at radius 1 is 0.833 bits per heavy atom. The summed E-state index contributed by atoms with van der Waals surface area (Å²) in [5, 5.41) is 8.49. The predicted molar refractivity (Wildman–Crippen MR) is 125 cm³/mol. The van der Waals surface area contributed by atoms with Gasteiger partial charge in [-0.1, -0.05) is 54.1 Å². The van der Waals surface area contributed by atoms with Gasteiger partial charge in [0.2, 0.25) is 5.91 Å². The molecule has 2 amide bonds. The molecule has 0 heterocycles. The molecule has 0 atom stereocenters. The third kappa shape index (κ3) is 6.39. The molecule has 0 aliphatic heterocycles. The number of aryl methyl sites for hydroxylation is 1. The zero-order valence-corrected chi connectivity index (χ0v) is 17.2. The van der Waals surface area contributed by atoms with Crippen LogP contribution in [0.3, 0.4) is 0 Å². The monoisotopic (exact) mass is 415 g/mol. The largest absolute Gasteiger partial charge is 0.332 e. The van der Waals surface area contributed by atoms with E-state index in [0.29, 0.717) is 16.9 Å². The Kier molecular flexibility index (Phi) is 7.08. The van der Waals surface area contributed by atoms with E-state index < -0.39 is 0 Å². The number of hydrogen-bond donors (Lipinski definition) is 3. The number of thiocarbonyl (C=S) groups is 1. The van der Waals surface area contributed by atoms with E-state index >= 15 is 0 Å². The number of hydrogen-bond acceptors (Lipinski definition) is 3. The van der Waals surface area contributed by atoms with Crippen LogP contribution in [-0.2, 0) is 4.79 Å². The van der Waals surface area contributed by atoms with Crippen molar-refractivity contribution in [3.63, 3.8) is 0 Å². The summed E-state index contributed by atoms with van der Waals surface area (Å²) in [7, 11) is 0. The lowest BCUT2D eigenvalue weighted by Crippen LogP contribution is -2.32. The maximum absolute atomic E-state index is 12.4. The summed E-state index contributed by atoms with van der Waals surface area (Å²) < 4.78 is 0. The van der Waals surface area contributed by atoms with Crippen LogP contribution in [-0.4, -0.2) is 16.9 Å². The number of rotatable bonds is 5. The van der Waals surface area contributed by atoms with Gasteiger partial charge in [-0.05, 0) is 61.1 Å². The maximum atomic E-state index is 12.4. The topological polar surface area (TPSA) is 70.2 Å². The molecule has 6 heteroatoms. The average molecular weight is 416 g/mol. The summed E-state index contributed by atoms with van der Waals surface area (Å²) in [5.41, 5.74) is 3.86. The molecule has 150 valence electrons. The van der Waals surface area contributed by atoms with Gasteiger partial charge in [0.15, 0.2) is 5.11 Å². The molecule has 0 saturated heterocycles. The van der Waals surface area contributed by atoms with Crippen molar-refractivity contribution in [1.82, 2.24) is 5.32 Å². The SMILES string of the molecule is Cc1ccc(/C=C/C(=O)NC(=S)Nc2cccc(C(=O)Nc3ccccc3)c2)cc1. The number of anilines is 2. The molecule has 0 bridgehead atoms. The first-order chi connectivity index (χ1) is 14.5. The van der Waals surface area contributed by atoms with Gasteiger partial charge in [0.05, 0.1) is 0 Å². The van der Waals surface area contributed by atoms with Crippen molar-refractivity contribution in [2.24, 2.45) is 0 Å². The van der Waals surface area contributed by atoms with Gasteiger partial charge < -0.3 is 10.6 Å². The zero-order valence-electron chi connectivity index (χ0n) is 16.4. The zero-order chi connectivity index (χ0) is 21.3. The minimum Gasteiger partial charge on any atom is -0.332 e. The molecule has 0 aliphatic rings. The predicted octanol–water partition coefficient (Wildman–Crippen LogP) is 4.77. The van der Waals surface area contributed by atoms with Crippen molar-refractivity contribution in [3.8, 4) is 0 Å². The number of nitrogens with one attached hydrogen (secondary N) is 3. The van der Waals surface area contributed by atoms with Crippen molar-refractivity contribution in [3.05, 3.63) is 102 Å². The molecule has 0 unspecified atom stereocenters. The summed E-state index contributed by atoms with van der Waals surface area (Å²) in [4.78, 5) is 24.5. The molecule has 3 N–H and O–H groups in total. The Morgan fingerprint density at radius 2 is 1.53 bits per heavy atom. The number of benzene rings is 3. The van der Waals surface area contributed by atoms with Gasteiger partial charge in [-0.15, -0.1) is 0 Å². The van der Waals surface area contributed by atoms with Crippen LogP contribution in [0.4, 0.5) is 11.4 Å². The Hall–Kier alpha value is -3.77. The molecule has 0 radical (unpaired) electrons. The Bertz CT molecular complexity index is 1080. The van der Waals surface area contributed by atoms with Crippen molar-refractivity contribution in [2.75, 3.05) is 10.6 Å². The first-order valence-corrected chi connectivity index (χ1v) is 9.73. The standard InChI is InChI=1S/C24H21N3O2S/c1-17-10-12-18(13-11-17)14-15-22(28)27-24(30)26-21-9-5-6-19(16-21)23(29)25-20-7-3-2-4-8-20/h2-16H,1H3,(H,25,29)(H2,26,27,28,30)/b15-14+. The second-order valence-corrected chi connectivity index (χ2v) is 7.00. The number of amides is 2. The summed E-state index contributed by atoms with van der Waals surface area (Å²) >= 11 is 5.20. The molecule has 0 fully saturated rings. The fourth-order valence-corrected chi connectivity index (χ4v) is 2.85. The highest BCUT2D eigenvalue weighted by Crippen LogP contribution is 2.13. The van der Waals surface area contributed by atoms with Gasteiger partial charge in [0.25, 0.3) is 5.91 Å². The second-order valence-electron chi connectivity index (χ2n) is 6.59. The molecule has 3 rings (SSSR count). The number of para-hydroxylation sites is 1. The lowest BCUT2D eigenvalue weighted by Gasteiger charge is -2.10. The van der Waals surface area contributed by atoms with E-state index in [1.165, 1.54) is 6.08 Å². The quantitative estimate of drug-likeness (QED) is 0.415. The molecule has 0 aromatic heterocycles. The smallest absolute Gasteiger partial charge is 0.255 e. The van der Waals surface area contributed by atoms with Gasteiger partial charge in [-0.2, -0.15) is 0 Å². The van der Waals surface area contributed by atoms with Gasteiger partial charge >= 0.3 is 0 Å². The fraction of sp³-hybridized carbons (Fsp3) is 0.0417. The Morgan fingerprint density at radius 3 is 2.27 bits per heavy atom. The highest BCUT2D eigenvalue weighted by molar-refractivity contribution is 7.80. The highest BCUT2D eigenvalue weighted by Gasteiger charge is 2.08. The lowest BCUT2D eigenvalue weighted by molar-refractivity contribution is -0.115. The summed E-state index contributed by atoms with van der Waals surface area (Å²) in [5.74, 6) is -0.577. The van der Waals surface area contributed by atoms with E-state index in [4.69, 9.17) is 12.2 Å². The number of carbonyl (C=O) groups is 2. The maximum Gasteiger partial charge on any atom is 0.255 e. The second kappa shape index (κ2) is 10.1. The van der Waals surface area contributed by atoms with Crippen molar-refractivity contribution in [1.29, 1.82) is 0 Å². The minimum absolute atomic E-state index is 0.147. The van der Waals surface area contributed by atoms with Crippen molar-refractivity contribution >= 4 is 46.6 Å². The third-order valence-electron chi connectivity index (χ3n) is 4.16. The van der Waals surface area contributed by atoms with Crippen LogP contribution in [0.1, 0.15) is 21.5 Å². The molecule has 3 aromatic carbocycles. The molecular formula is C24H21N3O2S. The van der Waals surface area contributed by atoms with E-state index in [0.717, 1.165) is 11.1 Å². The van der Waals surface area contributed by atoms with Crippen LogP contribution >= 0.6 is 12.2 Å². The first kappa shape index (κ1) is 21.0. The highest BCUT2D eigenvalue weighted by atomic mass is 32.1. The van der Waals surface area contributed by atoms with E-state index in [9.17, 15) is 9.59 Å². The van der Waals surface area contributed by atoms with Crippen LogP contribution in [0, 0.1) is 6.92 Å². The van der Waals surface area contributed by atoms with E-state index in [-0.39, 0.29) is 16.9 Å². The Balaban J connectivity index is 1.56. The van der Waals surface area contributed by atoms with E-state index in [2.05, 4.69) is 16.0 Å². The van der Waals surface area contributed by atoms with Gasteiger partial charge in [-0.25, -0.2) is 0 Å². The molecule has 0 saturated carbocycles. The molecule has 5 nitrogen and oxygen atoms in total.